The molecule has 1 aromatic heterocycles. The second-order valence-electron chi connectivity index (χ2n) is 5.80. The molecular formula is C14H18N2O5S. The standard InChI is InChI=1S/C14H18N2O5S/c1-14(2,3)20-13(17)16-22(18,19)9-8-11-10-6-4-5-7-12(10)21-15-11/h4-7H,8-9H2,1-3H3,(H,16,17). The van der Waals surface area contributed by atoms with Crippen LogP contribution in [0.5, 0.6) is 0 Å². The molecule has 0 atom stereocenters. The van der Waals surface area contributed by atoms with Gasteiger partial charge in [0.05, 0.1) is 11.4 Å². The highest BCUT2D eigenvalue weighted by atomic mass is 32.2. The Balaban J connectivity index is 1.99. The van der Waals surface area contributed by atoms with Crippen LogP contribution in [0.1, 0.15) is 26.5 Å². The number of sulfonamides is 1. The molecule has 0 saturated carbocycles. The van der Waals surface area contributed by atoms with Crippen LogP contribution in [-0.4, -0.2) is 31.0 Å². The van der Waals surface area contributed by atoms with Crippen molar-refractivity contribution in [2.75, 3.05) is 5.75 Å². The summed E-state index contributed by atoms with van der Waals surface area (Å²) < 4.78 is 35.7. The third-order valence-corrected chi connectivity index (χ3v) is 3.92. The van der Waals surface area contributed by atoms with Crippen molar-refractivity contribution < 1.29 is 22.5 Å². The summed E-state index contributed by atoms with van der Waals surface area (Å²) in [6.07, 6.45) is -0.854. The summed E-state index contributed by atoms with van der Waals surface area (Å²) in [5, 5.41) is 4.61. The van der Waals surface area contributed by atoms with E-state index >= 15 is 0 Å². The third-order valence-electron chi connectivity index (χ3n) is 2.70. The normalized spacial score (nSPS) is 12.3. The smallest absolute Gasteiger partial charge is 0.421 e. The summed E-state index contributed by atoms with van der Waals surface area (Å²) in [5.41, 5.74) is 0.363. The first-order chi connectivity index (χ1) is 10.2. The van der Waals surface area contributed by atoms with Crippen molar-refractivity contribution in [2.45, 2.75) is 32.8 Å². The van der Waals surface area contributed by atoms with Gasteiger partial charge in [-0.05, 0) is 32.9 Å². The van der Waals surface area contributed by atoms with Crippen molar-refractivity contribution in [3.8, 4) is 0 Å². The van der Waals surface area contributed by atoms with Crippen molar-refractivity contribution in [1.29, 1.82) is 0 Å². The summed E-state index contributed by atoms with van der Waals surface area (Å²) in [7, 11) is -3.80. The van der Waals surface area contributed by atoms with E-state index < -0.39 is 21.7 Å². The highest BCUT2D eigenvalue weighted by Gasteiger charge is 2.22. The highest BCUT2D eigenvalue weighted by molar-refractivity contribution is 7.90. The maximum Gasteiger partial charge on any atom is 0.421 e. The molecule has 0 spiro atoms. The molecule has 1 amide bonds. The molecule has 0 bridgehead atoms. The molecule has 0 aliphatic carbocycles. The van der Waals surface area contributed by atoms with Crippen LogP contribution >= 0.6 is 0 Å². The summed E-state index contributed by atoms with van der Waals surface area (Å²) in [6, 6.07) is 7.17. The van der Waals surface area contributed by atoms with Gasteiger partial charge in [0.1, 0.15) is 5.60 Å². The van der Waals surface area contributed by atoms with Crippen LogP contribution in [-0.2, 0) is 21.2 Å². The average molecular weight is 326 g/mol. The number of rotatable bonds is 4. The van der Waals surface area contributed by atoms with Gasteiger partial charge >= 0.3 is 6.09 Å². The van der Waals surface area contributed by atoms with Crippen molar-refractivity contribution in [1.82, 2.24) is 9.88 Å². The molecule has 1 heterocycles. The van der Waals surface area contributed by atoms with Crippen LogP contribution in [0, 0.1) is 0 Å². The maximum atomic E-state index is 11.9. The molecule has 0 saturated heterocycles. The summed E-state index contributed by atoms with van der Waals surface area (Å²) in [5.74, 6) is -0.289. The fourth-order valence-electron chi connectivity index (χ4n) is 1.83. The van der Waals surface area contributed by atoms with E-state index in [2.05, 4.69) is 5.16 Å². The maximum absolute atomic E-state index is 11.9. The van der Waals surface area contributed by atoms with Crippen LogP contribution in [0.2, 0.25) is 0 Å². The molecule has 2 aromatic rings. The Morgan fingerprint density at radius 2 is 2.00 bits per heavy atom. The van der Waals surface area contributed by atoms with Crippen molar-refractivity contribution in [3.05, 3.63) is 30.0 Å². The van der Waals surface area contributed by atoms with Gasteiger partial charge in [-0.2, -0.15) is 0 Å². The van der Waals surface area contributed by atoms with Gasteiger partial charge in [0.25, 0.3) is 0 Å². The number of nitrogens with zero attached hydrogens (tertiary/aromatic N) is 1. The lowest BCUT2D eigenvalue weighted by atomic mass is 10.2. The van der Waals surface area contributed by atoms with Gasteiger partial charge in [0.2, 0.25) is 10.0 Å². The van der Waals surface area contributed by atoms with Crippen molar-refractivity contribution >= 4 is 27.1 Å². The predicted octanol–water partition coefficient (Wildman–Crippen LogP) is 2.22. The molecule has 2 rings (SSSR count). The van der Waals surface area contributed by atoms with E-state index in [9.17, 15) is 13.2 Å². The van der Waals surface area contributed by atoms with Crippen LogP contribution < -0.4 is 4.72 Å². The molecule has 0 aliphatic rings. The lowest BCUT2D eigenvalue weighted by molar-refractivity contribution is 0.0570. The monoisotopic (exact) mass is 326 g/mol. The molecule has 0 unspecified atom stereocenters. The first-order valence-electron chi connectivity index (χ1n) is 6.73. The topological polar surface area (TPSA) is 98.5 Å². The van der Waals surface area contributed by atoms with Gasteiger partial charge < -0.3 is 9.26 Å². The number of nitrogens with one attached hydrogen (secondary N) is 1. The Morgan fingerprint density at radius 1 is 1.32 bits per heavy atom. The lowest BCUT2D eigenvalue weighted by Gasteiger charge is -2.19. The van der Waals surface area contributed by atoms with E-state index in [4.69, 9.17) is 9.26 Å². The first kappa shape index (κ1) is 16.3. The minimum atomic E-state index is -3.80. The van der Waals surface area contributed by atoms with Crippen LogP contribution in [0.3, 0.4) is 0 Å². The molecule has 0 aliphatic heterocycles. The Labute approximate surface area is 128 Å². The van der Waals surface area contributed by atoms with Crippen molar-refractivity contribution in [2.24, 2.45) is 0 Å². The van der Waals surface area contributed by atoms with E-state index in [1.807, 2.05) is 10.8 Å². The number of fused-ring (bicyclic) bond motifs is 1. The molecule has 7 nitrogen and oxygen atoms in total. The van der Waals surface area contributed by atoms with Gasteiger partial charge in [-0.25, -0.2) is 17.9 Å². The SMILES string of the molecule is CC(C)(C)OC(=O)NS(=O)(=O)CCc1noc2ccccc12. The Bertz CT molecular complexity index is 774. The number of amides is 1. The molecule has 0 fully saturated rings. The van der Waals surface area contributed by atoms with E-state index in [0.29, 0.717) is 11.3 Å². The van der Waals surface area contributed by atoms with Crippen LogP contribution in [0.15, 0.2) is 28.8 Å². The van der Waals surface area contributed by atoms with Gasteiger partial charge in [-0.1, -0.05) is 17.3 Å². The van der Waals surface area contributed by atoms with Gasteiger partial charge in [0.15, 0.2) is 5.58 Å². The van der Waals surface area contributed by atoms with Gasteiger partial charge in [0, 0.05) is 11.8 Å². The zero-order valence-corrected chi connectivity index (χ0v) is 13.4. The van der Waals surface area contributed by atoms with Crippen molar-refractivity contribution in [3.63, 3.8) is 0 Å². The van der Waals surface area contributed by atoms with E-state index in [0.717, 1.165) is 5.39 Å². The second kappa shape index (κ2) is 5.96. The van der Waals surface area contributed by atoms with Crippen LogP contribution in [0.4, 0.5) is 4.79 Å². The number of carbonyl (C=O) groups is 1. The predicted molar refractivity (Wildman–Crippen MR) is 80.9 cm³/mol. The minimum Gasteiger partial charge on any atom is -0.443 e. The highest BCUT2D eigenvalue weighted by Crippen LogP contribution is 2.18. The Kier molecular flexibility index (Phi) is 4.41. The number of aromatic nitrogens is 1. The quantitative estimate of drug-likeness (QED) is 0.925. The lowest BCUT2D eigenvalue weighted by Crippen LogP contribution is -2.37. The summed E-state index contributed by atoms with van der Waals surface area (Å²) in [6.45, 7) is 4.96. The third kappa shape index (κ3) is 4.45. The molecular weight excluding hydrogens is 308 g/mol. The number of hydrogen-bond donors (Lipinski definition) is 1. The Morgan fingerprint density at radius 3 is 2.68 bits per heavy atom. The fraction of sp³-hybridized carbons (Fsp3) is 0.429. The fourth-order valence-corrected chi connectivity index (χ4v) is 2.69. The molecule has 1 N–H and O–H groups in total. The number of hydrogen-bond acceptors (Lipinski definition) is 6. The zero-order valence-electron chi connectivity index (χ0n) is 12.6. The number of aryl methyl sites for hydroxylation is 1. The van der Waals surface area contributed by atoms with Gasteiger partial charge in [-0.3, -0.25) is 0 Å². The number of benzene rings is 1. The number of carbonyl (C=O) groups excluding carboxylic acids is 1. The second-order valence-corrected chi connectivity index (χ2v) is 7.64. The summed E-state index contributed by atoms with van der Waals surface area (Å²) in [4.78, 5) is 11.5. The zero-order chi connectivity index (χ0) is 16.4. The molecule has 120 valence electrons. The largest absolute Gasteiger partial charge is 0.443 e. The van der Waals surface area contributed by atoms with Crippen LogP contribution in [0.25, 0.3) is 11.0 Å². The first-order valence-corrected chi connectivity index (χ1v) is 8.38. The Hall–Kier alpha value is -2.09. The molecule has 8 heteroatoms. The molecule has 1 aromatic carbocycles. The molecule has 22 heavy (non-hydrogen) atoms. The van der Waals surface area contributed by atoms with E-state index in [-0.39, 0.29) is 12.2 Å². The number of para-hydroxylation sites is 1. The molecule has 0 radical (unpaired) electrons. The number of ether oxygens (including phenoxy) is 1. The van der Waals surface area contributed by atoms with E-state index in [1.54, 1.807) is 39.0 Å². The summed E-state index contributed by atoms with van der Waals surface area (Å²) >= 11 is 0. The average Bonchev–Trinajstić information content (AvgIpc) is 2.76. The minimum absolute atomic E-state index is 0.134. The van der Waals surface area contributed by atoms with E-state index in [1.165, 1.54) is 0 Å². The van der Waals surface area contributed by atoms with Gasteiger partial charge in [-0.15, -0.1) is 0 Å².